The highest BCUT2D eigenvalue weighted by Crippen LogP contribution is 2.26. The van der Waals surface area contributed by atoms with Gasteiger partial charge in [-0.25, -0.2) is 4.98 Å². The molecule has 1 fully saturated rings. The van der Waals surface area contributed by atoms with Crippen molar-refractivity contribution in [2.75, 3.05) is 6.54 Å². The normalized spacial score (nSPS) is 23.5. The van der Waals surface area contributed by atoms with Gasteiger partial charge in [-0.15, -0.1) is 11.3 Å². The number of hydrogen-bond acceptors (Lipinski definition) is 4. The Hall–Kier alpha value is -0.450. The molecule has 1 saturated heterocycles. The third-order valence-electron chi connectivity index (χ3n) is 3.65. The van der Waals surface area contributed by atoms with E-state index in [-0.39, 0.29) is 6.10 Å². The number of rotatable bonds is 4. The molecule has 2 unspecified atom stereocenters. The van der Waals surface area contributed by atoms with Gasteiger partial charge in [0.05, 0.1) is 11.1 Å². The van der Waals surface area contributed by atoms with E-state index in [1.807, 2.05) is 24.5 Å². The number of thiazole rings is 1. The first-order chi connectivity index (χ1) is 8.58. The highest BCUT2D eigenvalue weighted by Gasteiger charge is 2.26. The summed E-state index contributed by atoms with van der Waals surface area (Å²) in [5, 5.41) is 11.1. The summed E-state index contributed by atoms with van der Waals surface area (Å²) in [5.41, 5.74) is 0. The molecule has 1 N–H and O–H groups in total. The number of likely N-dealkylation sites (tertiary alicyclic amines) is 1. The molecule has 0 radical (unpaired) electrons. The van der Waals surface area contributed by atoms with Gasteiger partial charge in [0.25, 0.3) is 0 Å². The maximum atomic E-state index is 9.87. The van der Waals surface area contributed by atoms with Gasteiger partial charge in [0.1, 0.15) is 0 Å². The first-order valence-corrected chi connectivity index (χ1v) is 7.76. The lowest BCUT2D eigenvalue weighted by molar-refractivity contribution is 0.0322. The molecular weight excluding hydrogens is 244 g/mol. The maximum absolute atomic E-state index is 9.87. The molecule has 2 heterocycles. The number of aliphatic hydroxyl groups excluding tert-OH is 1. The van der Waals surface area contributed by atoms with E-state index >= 15 is 0 Å². The Kier molecular flexibility index (Phi) is 4.76. The van der Waals surface area contributed by atoms with E-state index in [1.165, 1.54) is 22.7 Å². The fourth-order valence-electron chi connectivity index (χ4n) is 2.62. The molecule has 0 bridgehead atoms. The summed E-state index contributed by atoms with van der Waals surface area (Å²) in [6, 6.07) is 0.323. The summed E-state index contributed by atoms with van der Waals surface area (Å²) < 4.78 is 0. The molecule has 0 aliphatic carbocycles. The Bertz CT molecular complexity index is 376. The Morgan fingerprint density at radius 2 is 2.22 bits per heavy atom. The minimum atomic E-state index is -0.234. The fraction of sp³-hybridized carbons (Fsp3) is 0.786. The van der Waals surface area contributed by atoms with Gasteiger partial charge in [-0.3, -0.25) is 4.90 Å². The van der Waals surface area contributed by atoms with Crippen LogP contribution in [-0.2, 0) is 6.54 Å². The Labute approximate surface area is 114 Å². The molecule has 0 aromatic carbocycles. The summed E-state index contributed by atoms with van der Waals surface area (Å²) in [7, 11) is 0. The van der Waals surface area contributed by atoms with Crippen molar-refractivity contribution in [1.29, 1.82) is 0 Å². The molecule has 0 spiro atoms. The van der Waals surface area contributed by atoms with E-state index in [0.29, 0.717) is 12.0 Å². The highest BCUT2D eigenvalue weighted by molar-refractivity contribution is 7.11. The van der Waals surface area contributed by atoms with Crippen LogP contribution in [0, 0.1) is 0 Å². The van der Waals surface area contributed by atoms with Crippen LogP contribution in [0.4, 0.5) is 0 Å². The summed E-state index contributed by atoms with van der Waals surface area (Å²) in [6.45, 7) is 8.32. The molecule has 18 heavy (non-hydrogen) atoms. The van der Waals surface area contributed by atoms with Gasteiger partial charge < -0.3 is 5.11 Å². The second-order valence-electron chi connectivity index (χ2n) is 5.59. The van der Waals surface area contributed by atoms with Gasteiger partial charge in [-0.1, -0.05) is 20.3 Å². The van der Waals surface area contributed by atoms with Gasteiger partial charge in [-0.05, 0) is 26.3 Å². The lowest BCUT2D eigenvalue weighted by Crippen LogP contribution is -2.45. The van der Waals surface area contributed by atoms with Crippen LogP contribution in [0.15, 0.2) is 6.20 Å². The molecule has 0 saturated carbocycles. The first kappa shape index (κ1) is 14.0. The van der Waals surface area contributed by atoms with Crippen molar-refractivity contribution < 1.29 is 5.11 Å². The molecule has 1 aromatic rings. The number of aliphatic hydroxyl groups is 1. The summed E-state index contributed by atoms with van der Waals surface area (Å²) >= 11 is 1.81. The van der Waals surface area contributed by atoms with Gasteiger partial charge in [0, 0.05) is 29.6 Å². The van der Waals surface area contributed by atoms with Crippen LogP contribution in [0.2, 0.25) is 0 Å². The highest BCUT2D eigenvalue weighted by atomic mass is 32.1. The molecule has 102 valence electrons. The third-order valence-corrected chi connectivity index (χ3v) is 4.93. The van der Waals surface area contributed by atoms with Gasteiger partial charge in [0.2, 0.25) is 0 Å². The summed E-state index contributed by atoms with van der Waals surface area (Å²) in [6.07, 6.45) is 5.38. The topological polar surface area (TPSA) is 36.4 Å². The average molecular weight is 268 g/mol. The monoisotopic (exact) mass is 268 g/mol. The summed E-state index contributed by atoms with van der Waals surface area (Å²) in [5.74, 6) is 0.512. The van der Waals surface area contributed by atoms with E-state index < -0.39 is 0 Å². The third kappa shape index (κ3) is 3.31. The average Bonchev–Trinajstić information content (AvgIpc) is 2.78. The molecule has 3 nitrogen and oxygen atoms in total. The number of nitrogens with zero attached hydrogens (tertiary/aromatic N) is 2. The van der Waals surface area contributed by atoms with Crippen LogP contribution in [0.25, 0.3) is 0 Å². The zero-order valence-electron chi connectivity index (χ0n) is 11.6. The minimum Gasteiger partial charge on any atom is -0.392 e. The van der Waals surface area contributed by atoms with Crippen LogP contribution in [0.1, 0.15) is 55.8 Å². The van der Waals surface area contributed by atoms with Crippen LogP contribution >= 0.6 is 11.3 Å². The van der Waals surface area contributed by atoms with E-state index in [2.05, 4.69) is 23.7 Å². The predicted octanol–water partition coefficient (Wildman–Crippen LogP) is 3.00. The van der Waals surface area contributed by atoms with Crippen LogP contribution in [0.3, 0.4) is 0 Å². The molecule has 2 atom stereocenters. The number of aromatic nitrogens is 1. The van der Waals surface area contributed by atoms with Gasteiger partial charge in [0.15, 0.2) is 0 Å². The van der Waals surface area contributed by atoms with Crippen molar-refractivity contribution in [2.24, 2.45) is 0 Å². The van der Waals surface area contributed by atoms with Crippen molar-refractivity contribution >= 4 is 11.3 Å². The number of piperidine rings is 1. The van der Waals surface area contributed by atoms with E-state index in [4.69, 9.17) is 0 Å². The molecule has 1 aromatic heterocycles. The Balaban J connectivity index is 2.01. The minimum absolute atomic E-state index is 0.234. The van der Waals surface area contributed by atoms with Crippen molar-refractivity contribution in [3.05, 3.63) is 16.1 Å². The van der Waals surface area contributed by atoms with Crippen molar-refractivity contribution in [2.45, 2.75) is 64.6 Å². The van der Waals surface area contributed by atoms with E-state index in [1.54, 1.807) is 0 Å². The Morgan fingerprint density at radius 3 is 2.83 bits per heavy atom. The summed E-state index contributed by atoms with van der Waals surface area (Å²) in [4.78, 5) is 8.23. The quantitative estimate of drug-likeness (QED) is 0.912. The first-order valence-electron chi connectivity index (χ1n) is 6.94. The van der Waals surface area contributed by atoms with E-state index in [9.17, 15) is 5.11 Å². The van der Waals surface area contributed by atoms with Crippen molar-refractivity contribution in [1.82, 2.24) is 9.88 Å². The van der Waals surface area contributed by atoms with E-state index in [0.717, 1.165) is 19.5 Å². The SMILES string of the molecule is CC(C)c1ncc(CN2CCCCC2C(C)O)s1. The maximum Gasteiger partial charge on any atom is 0.0953 e. The largest absolute Gasteiger partial charge is 0.392 e. The zero-order chi connectivity index (χ0) is 13.1. The zero-order valence-corrected chi connectivity index (χ0v) is 12.4. The van der Waals surface area contributed by atoms with Crippen LogP contribution in [0.5, 0.6) is 0 Å². The molecule has 0 amide bonds. The van der Waals surface area contributed by atoms with Crippen molar-refractivity contribution in [3.63, 3.8) is 0 Å². The molecule has 2 rings (SSSR count). The van der Waals surface area contributed by atoms with Crippen LogP contribution < -0.4 is 0 Å². The molecule has 1 aliphatic heterocycles. The van der Waals surface area contributed by atoms with Gasteiger partial charge >= 0.3 is 0 Å². The molecule has 1 aliphatic rings. The lowest BCUT2D eigenvalue weighted by atomic mass is 9.98. The second kappa shape index (κ2) is 6.13. The second-order valence-corrected chi connectivity index (χ2v) is 6.74. The molecular formula is C14H24N2OS. The predicted molar refractivity (Wildman–Crippen MR) is 75.9 cm³/mol. The van der Waals surface area contributed by atoms with Crippen LogP contribution in [-0.4, -0.2) is 33.7 Å². The Morgan fingerprint density at radius 1 is 1.44 bits per heavy atom. The van der Waals surface area contributed by atoms with Gasteiger partial charge in [-0.2, -0.15) is 0 Å². The standard InChI is InChI=1S/C14H24N2OS/c1-10(2)14-15-8-12(18-14)9-16-7-5-4-6-13(16)11(3)17/h8,10-11,13,17H,4-7,9H2,1-3H3. The van der Waals surface area contributed by atoms with Crippen molar-refractivity contribution in [3.8, 4) is 0 Å². The fourth-order valence-corrected chi connectivity index (χ4v) is 3.57. The number of hydrogen-bond donors (Lipinski definition) is 1. The molecule has 4 heteroatoms. The lowest BCUT2D eigenvalue weighted by Gasteiger charge is -2.37. The smallest absolute Gasteiger partial charge is 0.0953 e.